The topological polar surface area (TPSA) is 35.2 Å². The van der Waals surface area contributed by atoms with Crippen LogP contribution in [-0.4, -0.2) is 4.99 Å². The van der Waals surface area contributed by atoms with Crippen LogP contribution in [0.5, 0.6) is 11.5 Å². The van der Waals surface area contributed by atoms with E-state index in [4.69, 9.17) is 34.3 Å². The van der Waals surface area contributed by atoms with Crippen LogP contribution in [-0.2, 0) is 0 Å². The van der Waals surface area contributed by atoms with Crippen molar-refractivity contribution < 1.29 is 4.74 Å². The van der Waals surface area contributed by atoms with Crippen molar-refractivity contribution in [2.75, 3.05) is 0 Å². The number of benzene rings is 2. The Kier molecular flexibility index (Phi) is 4.45. The van der Waals surface area contributed by atoms with Gasteiger partial charge in [0, 0.05) is 4.47 Å². The van der Waals surface area contributed by atoms with Crippen molar-refractivity contribution in [2.45, 2.75) is 6.92 Å². The van der Waals surface area contributed by atoms with Crippen LogP contribution in [0.3, 0.4) is 0 Å². The number of hydrogen-bond acceptors (Lipinski definition) is 2. The third-order valence-electron chi connectivity index (χ3n) is 2.53. The molecule has 0 atom stereocenters. The van der Waals surface area contributed by atoms with Gasteiger partial charge in [0.15, 0.2) is 0 Å². The van der Waals surface area contributed by atoms with Crippen molar-refractivity contribution in [1.82, 2.24) is 0 Å². The molecule has 98 valence electrons. The van der Waals surface area contributed by atoms with Crippen LogP contribution in [0.15, 0.2) is 40.9 Å². The summed E-state index contributed by atoms with van der Waals surface area (Å²) in [4.78, 5) is 0.270. The zero-order chi connectivity index (χ0) is 14.0. The van der Waals surface area contributed by atoms with Crippen LogP contribution in [0, 0.1) is 6.92 Å². The number of hydrogen-bond donors (Lipinski definition) is 1. The number of nitrogens with two attached hydrogens (primary N) is 1. The highest BCUT2D eigenvalue weighted by molar-refractivity contribution is 9.10. The van der Waals surface area contributed by atoms with E-state index in [0.29, 0.717) is 22.1 Å². The standard InChI is InChI=1S/C14H11BrClNOS/c1-8-5-6-10(16)12(7-8)18-11-4-2-3-9(15)13(11)14(17)19/h2-7H,1H3,(H2,17,19). The fourth-order valence-corrected chi connectivity index (χ4v) is 2.70. The quantitative estimate of drug-likeness (QED) is 0.799. The molecule has 0 aliphatic carbocycles. The molecule has 5 heteroatoms. The summed E-state index contributed by atoms with van der Waals surface area (Å²) in [6.45, 7) is 1.97. The minimum atomic E-state index is 0.270. The number of aryl methyl sites for hydroxylation is 1. The average molecular weight is 357 g/mol. The van der Waals surface area contributed by atoms with Gasteiger partial charge in [-0.15, -0.1) is 0 Å². The molecule has 0 amide bonds. The average Bonchev–Trinajstić information content (AvgIpc) is 2.33. The van der Waals surface area contributed by atoms with Gasteiger partial charge in [-0.2, -0.15) is 0 Å². The third kappa shape index (κ3) is 3.26. The van der Waals surface area contributed by atoms with E-state index in [1.54, 1.807) is 12.1 Å². The fourth-order valence-electron chi connectivity index (χ4n) is 1.64. The number of thiocarbonyl (C=S) groups is 1. The predicted molar refractivity (Wildman–Crippen MR) is 86.3 cm³/mol. The maximum Gasteiger partial charge on any atom is 0.146 e. The van der Waals surface area contributed by atoms with Gasteiger partial charge in [-0.25, -0.2) is 0 Å². The second kappa shape index (κ2) is 5.90. The first-order chi connectivity index (χ1) is 8.99. The Morgan fingerprint density at radius 2 is 2.00 bits per heavy atom. The summed E-state index contributed by atoms with van der Waals surface area (Å²) in [6, 6.07) is 11.1. The first-order valence-electron chi connectivity index (χ1n) is 5.51. The molecule has 2 aromatic carbocycles. The minimum absolute atomic E-state index is 0.270. The van der Waals surface area contributed by atoms with Crippen molar-refractivity contribution in [2.24, 2.45) is 5.73 Å². The highest BCUT2D eigenvalue weighted by Crippen LogP contribution is 2.34. The summed E-state index contributed by atoms with van der Waals surface area (Å²) < 4.78 is 6.63. The van der Waals surface area contributed by atoms with Crippen LogP contribution < -0.4 is 10.5 Å². The van der Waals surface area contributed by atoms with Gasteiger partial charge in [-0.3, -0.25) is 0 Å². The number of ether oxygens (including phenoxy) is 1. The smallest absolute Gasteiger partial charge is 0.146 e. The molecule has 0 radical (unpaired) electrons. The van der Waals surface area contributed by atoms with E-state index in [2.05, 4.69) is 15.9 Å². The molecule has 2 rings (SSSR count). The largest absolute Gasteiger partial charge is 0.455 e. The minimum Gasteiger partial charge on any atom is -0.455 e. The zero-order valence-electron chi connectivity index (χ0n) is 10.1. The lowest BCUT2D eigenvalue weighted by Gasteiger charge is -2.13. The van der Waals surface area contributed by atoms with Crippen molar-refractivity contribution >= 4 is 44.7 Å². The molecule has 0 aliphatic heterocycles. The summed E-state index contributed by atoms with van der Waals surface area (Å²) in [5.74, 6) is 1.16. The van der Waals surface area contributed by atoms with Crippen LogP contribution in [0.1, 0.15) is 11.1 Å². The molecule has 19 heavy (non-hydrogen) atoms. The molecule has 0 aromatic heterocycles. The Morgan fingerprint density at radius 3 is 2.68 bits per heavy atom. The molecule has 0 unspecified atom stereocenters. The van der Waals surface area contributed by atoms with Gasteiger partial charge in [0.05, 0.1) is 10.6 Å². The summed E-state index contributed by atoms with van der Waals surface area (Å²) in [5.41, 5.74) is 7.45. The van der Waals surface area contributed by atoms with E-state index in [-0.39, 0.29) is 4.99 Å². The van der Waals surface area contributed by atoms with Crippen LogP contribution >= 0.6 is 39.7 Å². The maximum atomic E-state index is 6.12. The molecule has 2 N–H and O–H groups in total. The summed E-state index contributed by atoms with van der Waals surface area (Å²) >= 11 is 14.6. The Morgan fingerprint density at radius 1 is 1.26 bits per heavy atom. The highest BCUT2D eigenvalue weighted by atomic mass is 79.9. The molecule has 0 spiro atoms. The van der Waals surface area contributed by atoms with E-state index in [0.717, 1.165) is 10.0 Å². The van der Waals surface area contributed by atoms with Gasteiger partial charge in [0.1, 0.15) is 16.5 Å². The number of rotatable bonds is 3. The van der Waals surface area contributed by atoms with Gasteiger partial charge >= 0.3 is 0 Å². The SMILES string of the molecule is Cc1ccc(Cl)c(Oc2cccc(Br)c2C(N)=S)c1. The molecule has 0 saturated heterocycles. The van der Waals surface area contributed by atoms with Crippen LogP contribution in [0.25, 0.3) is 0 Å². The lowest BCUT2D eigenvalue weighted by Crippen LogP contribution is -2.11. The molecule has 0 heterocycles. The molecule has 0 fully saturated rings. The Labute approximate surface area is 130 Å². The van der Waals surface area contributed by atoms with Crippen LogP contribution in [0.4, 0.5) is 0 Å². The van der Waals surface area contributed by atoms with Gasteiger partial charge in [-0.1, -0.05) is 36.0 Å². The van der Waals surface area contributed by atoms with Gasteiger partial charge in [-0.05, 0) is 52.7 Å². The second-order valence-electron chi connectivity index (χ2n) is 4.01. The van der Waals surface area contributed by atoms with Crippen LogP contribution in [0.2, 0.25) is 5.02 Å². The van der Waals surface area contributed by atoms with E-state index >= 15 is 0 Å². The lowest BCUT2D eigenvalue weighted by atomic mass is 10.2. The first-order valence-corrected chi connectivity index (χ1v) is 7.09. The molecule has 0 aliphatic rings. The Hall–Kier alpha value is -1.10. The van der Waals surface area contributed by atoms with Gasteiger partial charge in [0.25, 0.3) is 0 Å². The third-order valence-corrected chi connectivity index (χ3v) is 3.71. The van der Waals surface area contributed by atoms with E-state index in [9.17, 15) is 0 Å². The Balaban J connectivity index is 2.46. The maximum absolute atomic E-state index is 6.12. The van der Waals surface area contributed by atoms with E-state index in [1.807, 2.05) is 31.2 Å². The highest BCUT2D eigenvalue weighted by Gasteiger charge is 2.12. The lowest BCUT2D eigenvalue weighted by molar-refractivity contribution is 0.481. The molecule has 2 aromatic rings. The first kappa shape index (κ1) is 14.3. The summed E-state index contributed by atoms with van der Waals surface area (Å²) in [6.07, 6.45) is 0. The fraction of sp³-hybridized carbons (Fsp3) is 0.0714. The molecule has 0 bridgehead atoms. The summed E-state index contributed by atoms with van der Waals surface area (Å²) in [7, 11) is 0. The van der Waals surface area contributed by atoms with Gasteiger partial charge < -0.3 is 10.5 Å². The summed E-state index contributed by atoms with van der Waals surface area (Å²) in [5, 5.41) is 0.541. The van der Waals surface area contributed by atoms with Gasteiger partial charge in [0.2, 0.25) is 0 Å². The molecular weight excluding hydrogens is 346 g/mol. The zero-order valence-corrected chi connectivity index (χ0v) is 13.3. The Bertz CT molecular complexity index is 645. The molecular formula is C14H11BrClNOS. The second-order valence-corrected chi connectivity index (χ2v) is 5.71. The van der Waals surface area contributed by atoms with Crippen molar-refractivity contribution in [3.05, 3.63) is 57.0 Å². The molecule has 0 saturated carbocycles. The van der Waals surface area contributed by atoms with Crippen molar-refractivity contribution in [3.8, 4) is 11.5 Å². The van der Waals surface area contributed by atoms with E-state index < -0.39 is 0 Å². The molecule has 2 nitrogen and oxygen atoms in total. The number of halogens is 2. The predicted octanol–water partition coefficient (Wildman–Crippen LogP) is 4.84. The normalized spacial score (nSPS) is 10.3. The van der Waals surface area contributed by atoms with Crippen molar-refractivity contribution in [1.29, 1.82) is 0 Å². The van der Waals surface area contributed by atoms with Crippen molar-refractivity contribution in [3.63, 3.8) is 0 Å². The monoisotopic (exact) mass is 355 g/mol. The van der Waals surface area contributed by atoms with E-state index in [1.165, 1.54) is 0 Å².